The van der Waals surface area contributed by atoms with Crippen LogP contribution in [0.15, 0.2) is 30.6 Å². The lowest BCUT2D eigenvalue weighted by Crippen LogP contribution is -2.01. The van der Waals surface area contributed by atoms with Crippen molar-refractivity contribution < 1.29 is 14.6 Å². The van der Waals surface area contributed by atoms with Crippen molar-refractivity contribution in [3.8, 4) is 17.0 Å². The minimum atomic E-state index is -0.452. The molecule has 2 aromatic rings. The minimum Gasteiger partial charge on any atom is -0.504 e. The van der Waals surface area contributed by atoms with Gasteiger partial charge in [0.2, 0.25) is 0 Å². The van der Waals surface area contributed by atoms with Crippen LogP contribution < -0.4 is 5.73 Å². The largest absolute Gasteiger partial charge is 0.504 e. The summed E-state index contributed by atoms with van der Waals surface area (Å²) in [6.07, 6.45) is 2.89. The Kier molecular flexibility index (Phi) is 3.09. The highest BCUT2D eigenvalue weighted by Gasteiger charge is 2.08. The number of aromatic hydroxyl groups is 1. The molecule has 0 saturated carbocycles. The van der Waals surface area contributed by atoms with Gasteiger partial charge in [0.1, 0.15) is 0 Å². The molecule has 0 spiro atoms. The van der Waals surface area contributed by atoms with Crippen LogP contribution >= 0.6 is 0 Å². The number of rotatable bonds is 2. The van der Waals surface area contributed by atoms with Gasteiger partial charge in [-0.25, -0.2) is 9.78 Å². The molecule has 2 rings (SSSR count). The molecule has 0 aliphatic rings. The maximum Gasteiger partial charge on any atom is 0.339 e. The first kappa shape index (κ1) is 11.8. The van der Waals surface area contributed by atoms with Gasteiger partial charge in [-0.15, -0.1) is 0 Å². The second-order valence-corrected chi connectivity index (χ2v) is 3.55. The number of nitrogens with two attached hydrogens (primary N) is 1. The molecule has 0 amide bonds. The van der Waals surface area contributed by atoms with Crippen molar-refractivity contribution in [3.05, 3.63) is 36.2 Å². The van der Waals surface area contributed by atoms with Crippen LogP contribution in [0.1, 0.15) is 10.4 Å². The van der Waals surface area contributed by atoms with Gasteiger partial charge >= 0.3 is 5.97 Å². The third-order valence-electron chi connectivity index (χ3n) is 2.38. The second kappa shape index (κ2) is 4.70. The number of carbonyl (C=O) groups excluding carboxylic acids is 1. The molecular formula is C12H11N3O3. The first-order valence-corrected chi connectivity index (χ1v) is 5.11. The first-order valence-electron chi connectivity index (χ1n) is 5.11. The Labute approximate surface area is 103 Å². The van der Waals surface area contributed by atoms with Crippen LogP contribution in [0.25, 0.3) is 11.3 Å². The summed E-state index contributed by atoms with van der Waals surface area (Å²) in [6, 6.07) is 4.68. The minimum absolute atomic E-state index is 0.0601. The number of nitrogen functional groups attached to an aromatic ring is 1. The number of carbonyl (C=O) groups is 1. The molecule has 2 aromatic heterocycles. The summed E-state index contributed by atoms with van der Waals surface area (Å²) in [4.78, 5) is 19.1. The van der Waals surface area contributed by atoms with Crippen molar-refractivity contribution in [1.82, 2.24) is 9.97 Å². The molecule has 18 heavy (non-hydrogen) atoms. The Morgan fingerprint density at radius 1 is 1.33 bits per heavy atom. The lowest BCUT2D eigenvalue weighted by Gasteiger charge is -2.04. The lowest BCUT2D eigenvalue weighted by atomic mass is 10.1. The Morgan fingerprint density at radius 3 is 2.67 bits per heavy atom. The standard InChI is InChI=1S/C12H11N3O3/c1-18-12(17)7-2-3-9(14-5-7)8-4-10(16)11(13)15-6-8/h2-6,16H,1H3,(H2,13,15). The molecule has 0 bridgehead atoms. The third kappa shape index (κ3) is 2.22. The maximum absolute atomic E-state index is 11.2. The molecule has 92 valence electrons. The first-order chi connectivity index (χ1) is 8.61. The zero-order chi connectivity index (χ0) is 13.1. The number of ether oxygens (including phenoxy) is 1. The zero-order valence-electron chi connectivity index (χ0n) is 9.62. The maximum atomic E-state index is 11.2. The van der Waals surface area contributed by atoms with Crippen LogP contribution in [0, 0.1) is 0 Å². The normalized spacial score (nSPS) is 10.1. The Balaban J connectivity index is 2.34. The number of pyridine rings is 2. The van der Waals surface area contributed by atoms with E-state index < -0.39 is 5.97 Å². The van der Waals surface area contributed by atoms with Crippen LogP contribution in [0.3, 0.4) is 0 Å². The molecule has 0 unspecified atom stereocenters. The highest BCUT2D eigenvalue weighted by molar-refractivity contribution is 5.89. The van der Waals surface area contributed by atoms with Crippen LogP contribution in [-0.2, 0) is 4.74 Å². The van der Waals surface area contributed by atoms with E-state index in [0.29, 0.717) is 16.8 Å². The average Bonchev–Trinajstić information content (AvgIpc) is 2.41. The Morgan fingerprint density at radius 2 is 2.11 bits per heavy atom. The van der Waals surface area contributed by atoms with E-state index in [4.69, 9.17) is 5.73 Å². The molecule has 6 heteroatoms. The van der Waals surface area contributed by atoms with E-state index in [1.54, 1.807) is 12.1 Å². The van der Waals surface area contributed by atoms with Gasteiger partial charge in [-0.2, -0.15) is 0 Å². The predicted octanol–water partition coefficient (Wildman–Crippen LogP) is 1.22. The van der Waals surface area contributed by atoms with Crippen molar-refractivity contribution in [2.45, 2.75) is 0 Å². The van der Waals surface area contributed by atoms with Gasteiger partial charge in [-0.3, -0.25) is 4.98 Å². The number of esters is 1. The van der Waals surface area contributed by atoms with Crippen LogP contribution in [0.2, 0.25) is 0 Å². The van der Waals surface area contributed by atoms with E-state index in [0.717, 1.165) is 0 Å². The third-order valence-corrected chi connectivity index (χ3v) is 2.38. The molecule has 0 fully saturated rings. The van der Waals surface area contributed by atoms with Crippen LogP contribution in [0.4, 0.5) is 5.82 Å². The topological polar surface area (TPSA) is 98.3 Å². The molecule has 2 heterocycles. The number of methoxy groups -OCH3 is 1. The molecular weight excluding hydrogens is 234 g/mol. The summed E-state index contributed by atoms with van der Waals surface area (Å²) in [6.45, 7) is 0. The van der Waals surface area contributed by atoms with Crippen molar-refractivity contribution in [3.63, 3.8) is 0 Å². The number of anilines is 1. The van der Waals surface area contributed by atoms with Gasteiger partial charge in [0, 0.05) is 18.0 Å². The zero-order valence-corrected chi connectivity index (χ0v) is 9.62. The van der Waals surface area contributed by atoms with Gasteiger partial charge in [0.25, 0.3) is 0 Å². The molecule has 3 N–H and O–H groups in total. The summed E-state index contributed by atoms with van der Waals surface area (Å²) in [5, 5.41) is 9.45. The summed E-state index contributed by atoms with van der Waals surface area (Å²) in [5.41, 5.74) is 6.95. The summed E-state index contributed by atoms with van der Waals surface area (Å²) < 4.78 is 4.57. The number of nitrogens with zero attached hydrogens (tertiary/aromatic N) is 2. The Bertz CT molecular complexity index is 582. The van der Waals surface area contributed by atoms with Gasteiger partial charge < -0.3 is 15.6 Å². The van der Waals surface area contributed by atoms with Gasteiger partial charge in [-0.1, -0.05) is 0 Å². The Hall–Kier alpha value is -2.63. The fourth-order valence-corrected chi connectivity index (χ4v) is 1.41. The lowest BCUT2D eigenvalue weighted by molar-refractivity contribution is 0.0600. The van der Waals surface area contributed by atoms with Gasteiger partial charge in [-0.05, 0) is 18.2 Å². The summed E-state index contributed by atoms with van der Waals surface area (Å²) in [7, 11) is 1.30. The molecule has 0 atom stereocenters. The van der Waals surface area contributed by atoms with E-state index in [1.807, 2.05) is 0 Å². The van der Waals surface area contributed by atoms with Crippen molar-refractivity contribution in [2.75, 3.05) is 12.8 Å². The number of hydrogen-bond donors (Lipinski definition) is 2. The van der Waals surface area contributed by atoms with E-state index in [-0.39, 0.29) is 11.6 Å². The molecule has 0 aliphatic heterocycles. The molecule has 0 saturated heterocycles. The SMILES string of the molecule is COC(=O)c1ccc(-c2cnc(N)c(O)c2)nc1. The van der Waals surface area contributed by atoms with Crippen LogP contribution in [-0.4, -0.2) is 28.2 Å². The predicted molar refractivity (Wildman–Crippen MR) is 64.9 cm³/mol. The van der Waals surface area contributed by atoms with E-state index in [1.165, 1.54) is 25.6 Å². The smallest absolute Gasteiger partial charge is 0.339 e. The van der Waals surface area contributed by atoms with Crippen molar-refractivity contribution >= 4 is 11.8 Å². The van der Waals surface area contributed by atoms with E-state index in [2.05, 4.69) is 14.7 Å². The molecule has 0 aromatic carbocycles. The monoisotopic (exact) mass is 245 g/mol. The molecule has 6 nitrogen and oxygen atoms in total. The van der Waals surface area contributed by atoms with E-state index >= 15 is 0 Å². The average molecular weight is 245 g/mol. The van der Waals surface area contributed by atoms with Crippen LogP contribution in [0.5, 0.6) is 5.75 Å². The molecule has 0 aliphatic carbocycles. The van der Waals surface area contributed by atoms with Gasteiger partial charge in [0.05, 0.1) is 18.4 Å². The fraction of sp³-hybridized carbons (Fsp3) is 0.0833. The van der Waals surface area contributed by atoms with Gasteiger partial charge in [0.15, 0.2) is 11.6 Å². The quantitative estimate of drug-likeness (QED) is 0.772. The van der Waals surface area contributed by atoms with Crippen molar-refractivity contribution in [1.29, 1.82) is 0 Å². The summed E-state index contributed by atoms with van der Waals surface area (Å²) in [5.74, 6) is -0.497. The summed E-state index contributed by atoms with van der Waals surface area (Å²) >= 11 is 0. The highest BCUT2D eigenvalue weighted by atomic mass is 16.5. The number of hydrogen-bond acceptors (Lipinski definition) is 6. The van der Waals surface area contributed by atoms with Crippen molar-refractivity contribution in [2.24, 2.45) is 0 Å². The highest BCUT2D eigenvalue weighted by Crippen LogP contribution is 2.24. The number of aromatic nitrogens is 2. The fourth-order valence-electron chi connectivity index (χ4n) is 1.41. The van der Waals surface area contributed by atoms with E-state index in [9.17, 15) is 9.90 Å². The second-order valence-electron chi connectivity index (χ2n) is 3.55. The molecule has 0 radical (unpaired) electrons.